The number of phenols is 1. The number of carboxylic acid groups (broad SMARTS) is 1. The maximum absolute atomic E-state index is 11.7. The van der Waals surface area contributed by atoms with Gasteiger partial charge < -0.3 is 19.7 Å². The van der Waals surface area contributed by atoms with Crippen molar-refractivity contribution in [1.82, 2.24) is 9.78 Å². The third kappa shape index (κ3) is 3.02. The molecule has 4 rings (SSSR count). The average Bonchev–Trinajstić information content (AvgIpc) is 3.18. The minimum absolute atomic E-state index is 0.120. The van der Waals surface area contributed by atoms with Crippen LogP contribution >= 0.6 is 0 Å². The van der Waals surface area contributed by atoms with E-state index in [0.29, 0.717) is 33.8 Å². The summed E-state index contributed by atoms with van der Waals surface area (Å²) >= 11 is 0. The summed E-state index contributed by atoms with van der Waals surface area (Å²) in [4.78, 5) is 11.7. The number of nitrogens with zero attached hydrogens (tertiary/aromatic N) is 2. The number of methoxy groups -OCH3 is 2. The number of rotatable bonds is 5. The molecule has 0 bridgehead atoms. The number of phenolic OH excluding ortho intramolecular Hbond substituents is 1. The van der Waals surface area contributed by atoms with E-state index in [1.165, 1.54) is 25.0 Å². The Labute approximate surface area is 166 Å². The summed E-state index contributed by atoms with van der Waals surface area (Å²) in [7, 11) is 3.07. The Balaban J connectivity index is 2.09. The molecule has 0 radical (unpaired) electrons. The van der Waals surface area contributed by atoms with Crippen molar-refractivity contribution in [3.05, 3.63) is 66.4 Å². The number of hydrogen-bond donors (Lipinski definition) is 2. The maximum atomic E-state index is 11.7. The summed E-state index contributed by atoms with van der Waals surface area (Å²) < 4.78 is 12.5. The summed E-state index contributed by atoms with van der Waals surface area (Å²) in [6.07, 6.45) is 0. The van der Waals surface area contributed by atoms with Crippen molar-refractivity contribution >= 4 is 16.7 Å². The van der Waals surface area contributed by atoms with Gasteiger partial charge in [-0.1, -0.05) is 30.3 Å². The molecule has 0 amide bonds. The zero-order valence-corrected chi connectivity index (χ0v) is 15.8. The van der Waals surface area contributed by atoms with E-state index in [1.54, 1.807) is 36.4 Å². The molecule has 0 aliphatic carbocycles. The molecule has 0 saturated heterocycles. The highest BCUT2D eigenvalue weighted by Gasteiger charge is 2.23. The summed E-state index contributed by atoms with van der Waals surface area (Å²) in [5.41, 5.74) is 1.57. The molecule has 1 heterocycles. The van der Waals surface area contributed by atoms with Crippen molar-refractivity contribution in [3.63, 3.8) is 0 Å². The van der Waals surface area contributed by atoms with Gasteiger partial charge in [-0.25, -0.2) is 9.48 Å². The Morgan fingerprint density at radius 2 is 1.59 bits per heavy atom. The van der Waals surface area contributed by atoms with Crippen LogP contribution in [0, 0.1) is 0 Å². The van der Waals surface area contributed by atoms with Crippen LogP contribution in [0.15, 0.2) is 60.7 Å². The lowest BCUT2D eigenvalue weighted by Crippen LogP contribution is -2.04. The number of carbonyl (C=O) groups is 1. The fourth-order valence-electron chi connectivity index (χ4n) is 3.40. The topological polar surface area (TPSA) is 93.8 Å². The molecule has 0 aliphatic heterocycles. The van der Waals surface area contributed by atoms with Crippen LogP contribution in [-0.4, -0.2) is 40.2 Å². The van der Waals surface area contributed by atoms with Crippen LogP contribution in [0.2, 0.25) is 0 Å². The Morgan fingerprint density at radius 1 is 0.931 bits per heavy atom. The van der Waals surface area contributed by atoms with E-state index in [1.807, 2.05) is 18.2 Å². The van der Waals surface area contributed by atoms with Crippen LogP contribution < -0.4 is 9.47 Å². The third-order valence-corrected chi connectivity index (χ3v) is 4.72. The molecule has 3 aromatic carbocycles. The van der Waals surface area contributed by atoms with E-state index >= 15 is 0 Å². The van der Waals surface area contributed by atoms with Crippen LogP contribution in [0.1, 0.15) is 10.5 Å². The number of fused-ring (bicyclic) bond motifs is 1. The normalized spacial score (nSPS) is 10.8. The first-order valence-electron chi connectivity index (χ1n) is 8.81. The van der Waals surface area contributed by atoms with E-state index < -0.39 is 5.97 Å². The standard InChI is InChI=1S/C22H18N2O5/c1-28-19-8-5-9-20(29-2)21(19)17-12-15(22(26)27)23-24(17)16-10-11-18(25)14-7-4-3-6-13(14)16/h3-12,25H,1-2H3,(H,26,27). The minimum Gasteiger partial charge on any atom is -0.507 e. The van der Waals surface area contributed by atoms with Gasteiger partial charge in [0.05, 0.1) is 31.2 Å². The van der Waals surface area contributed by atoms with Crippen LogP contribution in [0.4, 0.5) is 0 Å². The maximum Gasteiger partial charge on any atom is 0.356 e. The summed E-state index contributed by atoms with van der Waals surface area (Å²) in [6, 6.07) is 17.4. The third-order valence-electron chi connectivity index (χ3n) is 4.72. The number of aromatic nitrogens is 2. The highest BCUT2D eigenvalue weighted by atomic mass is 16.5. The van der Waals surface area contributed by atoms with E-state index in [0.717, 1.165) is 5.39 Å². The molecule has 7 nitrogen and oxygen atoms in total. The lowest BCUT2D eigenvalue weighted by Gasteiger charge is -2.16. The van der Waals surface area contributed by atoms with Crippen molar-refractivity contribution in [1.29, 1.82) is 0 Å². The lowest BCUT2D eigenvalue weighted by atomic mass is 10.1. The largest absolute Gasteiger partial charge is 0.507 e. The Kier molecular flexibility index (Phi) is 4.56. The quantitative estimate of drug-likeness (QED) is 0.533. The summed E-state index contributed by atoms with van der Waals surface area (Å²) in [5.74, 6) is 0.0179. The predicted octanol–water partition coefficient (Wildman–Crippen LogP) is 4.11. The van der Waals surface area contributed by atoms with Crippen LogP contribution in [0.25, 0.3) is 27.7 Å². The second-order valence-corrected chi connectivity index (χ2v) is 6.32. The lowest BCUT2D eigenvalue weighted by molar-refractivity contribution is 0.0690. The van der Waals surface area contributed by atoms with Gasteiger partial charge in [0.15, 0.2) is 5.69 Å². The van der Waals surface area contributed by atoms with E-state index in [9.17, 15) is 15.0 Å². The molecule has 2 N–H and O–H groups in total. The predicted molar refractivity (Wildman–Crippen MR) is 108 cm³/mol. The van der Waals surface area contributed by atoms with Gasteiger partial charge in [-0.05, 0) is 30.3 Å². The first-order valence-corrected chi connectivity index (χ1v) is 8.81. The molecule has 0 spiro atoms. The minimum atomic E-state index is -1.15. The summed E-state index contributed by atoms with van der Waals surface area (Å²) in [5, 5.41) is 25.4. The van der Waals surface area contributed by atoms with Crippen molar-refractivity contribution < 1.29 is 24.5 Å². The van der Waals surface area contributed by atoms with E-state index in [-0.39, 0.29) is 11.4 Å². The molecule has 0 saturated carbocycles. The zero-order valence-electron chi connectivity index (χ0n) is 15.8. The van der Waals surface area contributed by atoms with E-state index in [4.69, 9.17) is 9.47 Å². The molecule has 7 heteroatoms. The summed E-state index contributed by atoms with van der Waals surface area (Å²) in [6.45, 7) is 0. The number of aromatic carboxylic acids is 1. The van der Waals surface area contributed by atoms with Crippen molar-refractivity contribution in [2.45, 2.75) is 0 Å². The highest BCUT2D eigenvalue weighted by molar-refractivity contribution is 5.96. The van der Waals surface area contributed by atoms with Crippen molar-refractivity contribution in [2.75, 3.05) is 14.2 Å². The molecule has 0 aliphatic rings. The van der Waals surface area contributed by atoms with Crippen molar-refractivity contribution in [2.24, 2.45) is 0 Å². The Bertz CT molecular complexity index is 1210. The molecule has 1 aromatic heterocycles. The molecule has 4 aromatic rings. The molecule has 146 valence electrons. The monoisotopic (exact) mass is 390 g/mol. The SMILES string of the molecule is COc1cccc(OC)c1-c1cc(C(=O)O)nn1-c1ccc(O)c2ccccc12. The van der Waals surface area contributed by atoms with Gasteiger partial charge >= 0.3 is 5.97 Å². The van der Waals surface area contributed by atoms with Crippen LogP contribution in [-0.2, 0) is 0 Å². The van der Waals surface area contributed by atoms with Gasteiger partial charge in [0.2, 0.25) is 0 Å². The van der Waals surface area contributed by atoms with E-state index in [2.05, 4.69) is 5.10 Å². The van der Waals surface area contributed by atoms with Gasteiger partial charge in [0.1, 0.15) is 17.2 Å². The fourth-order valence-corrected chi connectivity index (χ4v) is 3.40. The molecular formula is C22H18N2O5. The zero-order chi connectivity index (χ0) is 20.5. The van der Waals surface area contributed by atoms with Gasteiger partial charge in [0, 0.05) is 10.8 Å². The fraction of sp³-hybridized carbons (Fsp3) is 0.0909. The van der Waals surface area contributed by atoms with Crippen LogP contribution in [0.5, 0.6) is 17.2 Å². The number of hydrogen-bond acceptors (Lipinski definition) is 5. The first-order chi connectivity index (χ1) is 14.0. The van der Waals surface area contributed by atoms with Crippen molar-refractivity contribution in [3.8, 4) is 34.2 Å². The first kappa shape index (κ1) is 18.4. The number of benzene rings is 3. The number of carboxylic acids is 1. The Morgan fingerprint density at radius 3 is 2.21 bits per heavy atom. The number of ether oxygens (including phenoxy) is 2. The Hall–Kier alpha value is -4.00. The molecule has 0 fully saturated rings. The van der Waals surface area contributed by atoms with Gasteiger partial charge in [0.25, 0.3) is 0 Å². The highest BCUT2D eigenvalue weighted by Crippen LogP contribution is 2.40. The molecular weight excluding hydrogens is 372 g/mol. The number of aromatic hydroxyl groups is 1. The van der Waals surface area contributed by atoms with Gasteiger partial charge in [-0.3, -0.25) is 0 Å². The second-order valence-electron chi connectivity index (χ2n) is 6.32. The van der Waals surface area contributed by atoms with Gasteiger partial charge in [-0.2, -0.15) is 5.10 Å². The average molecular weight is 390 g/mol. The smallest absolute Gasteiger partial charge is 0.356 e. The second kappa shape index (κ2) is 7.20. The molecule has 0 unspecified atom stereocenters. The van der Waals surface area contributed by atoms with Crippen LogP contribution in [0.3, 0.4) is 0 Å². The van der Waals surface area contributed by atoms with Gasteiger partial charge in [-0.15, -0.1) is 0 Å². The molecule has 29 heavy (non-hydrogen) atoms. The molecule has 0 atom stereocenters.